The lowest BCUT2D eigenvalue weighted by Gasteiger charge is -2.14. The van der Waals surface area contributed by atoms with E-state index in [1.165, 1.54) is 24.3 Å². The number of hydrogen-bond acceptors (Lipinski definition) is 5. The van der Waals surface area contributed by atoms with Crippen molar-refractivity contribution in [1.82, 2.24) is 20.2 Å². The van der Waals surface area contributed by atoms with Gasteiger partial charge in [-0.1, -0.05) is 41.9 Å². The molecule has 9 heteroatoms. The molecular weight excluding hydrogens is 443 g/mol. The van der Waals surface area contributed by atoms with E-state index in [0.29, 0.717) is 33.2 Å². The zero-order chi connectivity index (χ0) is 22.9. The van der Waals surface area contributed by atoms with Crippen molar-refractivity contribution in [2.75, 3.05) is 11.1 Å². The van der Waals surface area contributed by atoms with E-state index in [0.717, 1.165) is 10.9 Å². The lowest BCUT2D eigenvalue weighted by molar-refractivity contribution is 0.102. The number of aromatic nitrogens is 4. The molecule has 0 aliphatic carbocycles. The van der Waals surface area contributed by atoms with E-state index in [-0.39, 0.29) is 11.5 Å². The van der Waals surface area contributed by atoms with Gasteiger partial charge >= 0.3 is 0 Å². The van der Waals surface area contributed by atoms with Gasteiger partial charge in [0.05, 0.1) is 28.1 Å². The predicted octanol–water partition coefficient (Wildman–Crippen LogP) is 5.31. The van der Waals surface area contributed by atoms with Crippen molar-refractivity contribution < 1.29 is 9.18 Å². The number of anilines is 2. The maximum absolute atomic E-state index is 13.2. The molecule has 5 aromatic rings. The fraction of sp³-hybridized carbons (Fsp3) is 0. The third-order valence-electron chi connectivity index (χ3n) is 5.06. The van der Waals surface area contributed by atoms with Crippen LogP contribution in [0.5, 0.6) is 0 Å². The summed E-state index contributed by atoms with van der Waals surface area (Å²) in [4.78, 5) is 22.1. The van der Waals surface area contributed by atoms with Crippen molar-refractivity contribution in [3.05, 3.63) is 89.5 Å². The molecule has 0 saturated heterocycles. The van der Waals surface area contributed by atoms with Gasteiger partial charge in [-0.15, -0.1) is 0 Å². The van der Waals surface area contributed by atoms with Crippen molar-refractivity contribution >= 4 is 39.9 Å². The molecule has 1 amide bonds. The van der Waals surface area contributed by atoms with Crippen LogP contribution < -0.4 is 11.1 Å². The Hall–Kier alpha value is -4.30. The Labute approximate surface area is 192 Å². The third kappa shape index (κ3) is 3.99. The maximum Gasteiger partial charge on any atom is 0.278 e. The van der Waals surface area contributed by atoms with Gasteiger partial charge in [0, 0.05) is 22.2 Å². The molecule has 0 unspecified atom stereocenters. The molecule has 0 aliphatic heterocycles. The summed E-state index contributed by atoms with van der Waals surface area (Å²) in [5, 5.41) is 10.8. The van der Waals surface area contributed by atoms with Gasteiger partial charge in [-0.3, -0.25) is 9.89 Å². The second kappa shape index (κ2) is 8.33. The molecular formula is C24H16ClFN6O. The van der Waals surface area contributed by atoms with E-state index >= 15 is 0 Å². The minimum Gasteiger partial charge on any atom is -0.382 e. The molecule has 0 radical (unpaired) electrons. The predicted molar refractivity (Wildman–Crippen MR) is 126 cm³/mol. The minimum absolute atomic E-state index is 0.0345. The van der Waals surface area contributed by atoms with Crippen molar-refractivity contribution in [1.29, 1.82) is 0 Å². The number of aromatic amines is 1. The number of nitrogens with one attached hydrogen (secondary N) is 2. The van der Waals surface area contributed by atoms with E-state index in [4.69, 9.17) is 17.3 Å². The van der Waals surface area contributed by atoms with Gasteiger partial charge in [-0.2, -0.15) is 5.10 Å². The van der Waals surface area contributed by atoms with Crippen LogP contribution in [-0.2, 0) is 0 Å². The summed E-state index contributed by atoms with van der Waals surface area (Å²) < 4.78 is 13.2. The molecule has 33 heavy (non-hydrogen) atoms. The van der Waals surface area contributed by atoms with E-state index in [9.17, 15) is 9.18 Å². The quantitative estimate of drug-likeness (QED) is 0.338. The first kappa shape index (κ1) is 20.6. The molecule has 0 fully saturated rings. The number of carbonyl (C=O) groups is 1. The van der Waals surface area contributed by atoms with Crippen LogP contribution in [0, 0.1) is 5.82 Å². The number of hydrogen-bond donors (Lipinski definition) is 3. The summed E-state index contributed by atoms with van der Waals surface area (Å²) >= 11 is 6.45. The van der Waals surface area contributed by atoms with E-state index < -0.39 is 11.7 Å². The Morgan fingerprint density at radius 3 is 2.45 bits per heavy atom. The van der Waals surface area contributed by atoms with Crippen molar-refractivity contribution in [3.63, 3.8) is 0 Å². The average molecular weight is 459 g/mol. The van der Waals surface area contributed by atoms with Crippen LogP contribution in [0.4, 0.5) is 15.9 Å². The minimum atomic E-state index is -0.567. The summed E-state index contributed by atoms with van der Waals surface area (Å²) in [5.41, 5.74) is 9.56. The van der Waals surface area contributed by atoms with Gasteiger partial charge in [0.25, 0.3) is 5.91 Å². The Morgan fingerprint density at radius 2 is 1.70 bits per heavy atom. The molecule has 0 bridgehead atoms. The van der Waals surface area contributed by atoms with Gasteiger partial charge < -0.3 is 11.1 Å². The molecule has 4 N–H and O–H groups in total. The largest absolute Gasteiger partial charge is 0.382 e. The molecule has 162 valence electrons. The zero-order valence-electron chi connectivity index (χ0n) is 17.0. The molecule has 7 nitrogen and oxygen atoms in total. The highest BCUT2D eigenvalue weighted by molar-refractivity contribution is 6.35. The Morgan fingerprint density at radius 1 is 0.970 bits per heavy atom. The number of halogens is 2. The van der Waals surface area contributed by atoms with Crippen LogP contribution in [0.25, 0.3) is 33.4 Å². The second-order valence-electron chi connectivity index (χ2n) is 7.27. The molecule has 0 spiro atoms. The highest BCUT2D eigenvalue weighted by Crippen LogP contribution is 2.35. The van der Waals surface area contributed by atoms with Crippen molar-refractivity contribution in [2.24, 2.45) is 0 Å². The zero-order valence-corrected chi connectivity index (χ0v) is 17.8. The molecule has 0 aliphatic rings. The first-order valence-electron chi connectivity index (χ1n) is 9.92. The number of carbonyl (C=O) groups excluding carboxylic acids is 1. The molecule has 0 atom stereocenters. The topological polar surface area (TPSA) is 110 Å². The third-order valence-corrected chi connectivity index (χ3v) is 5.36. The number of benzene rings is 3. The van der Waals surface area contributed by atoms with Gasteiger partial charge in [0.15, 0.2) is 11.5 Å². The number of nitrogens with two attached hydrogens (primary N) is 1. The second-order valence-corrected chi connectivity index (χ2v) is 7.68. The lowest BCUT2D eigenvalue weighted by Crippen LogP contribution is -2.18. The highest BCUT2D eigenvalue weighted by atomic mass is 35.5. The molecule has 2 aromatic heterocycles. The van der Waals surface area contributed by atoms with Crippen LogP contribution in [-0.4, -0.2) is 26.1 Å². The SMILES string of the molecule is Nc1nc(-c2ccccc2)c(-c2cc(Cl)c3[nH]ncc3c2)nc1C(=O)Nc1ccc(F)cc1. The molecule has 3 aromatic carbocycles. The summed E-state index contributed by atoms with van der Waals surface area (Å²) in [7, 11) is 0. The first-order chi connectivity index (χ1) is 16.0. The van der Waals surface area contributed by atoms with Crippen LogP contribution in [0.1, 0.15) is 10.5 Å². The maximum atomic E-state index is 13.2. The van der Waals surface area contributed by atoms with Gasteiger partial charge in [0.2, 0.25) is 0 Å². The monoisotopic (exact) mass is 458 g/mol. The summed E-state index contributed by atoms with van der Waals surface area (Å²) in [6.45, 7) is 0. The standard InChI is InChI=1S/C24H16ClFN6O/c25-18-11-14(10-15-12-28-32-19(15)18)21-20(13-4-2-1-3-5-13)31-23(27)22(30-21)24(33)29-17-8-6-16(26)7-9-17/h1-12H,(H2,27,31)(H,28,32)(H,29,33). The van der Waals surface area contributed by atoms with Gasteiger partial charge in [0.1, 0.15) is 5.82 Å². The van der Waals surface area contributed by atoms with E-state index in [1.807, 2.05) is 36.4 Å². The van der Waals surface area contributed by atoms with Crippen LogP contribution >= 0.6 is 11.6 Å². The number of nitrogen functional groups attached to an aromatic ring is 1. The summed E-state index contributed by atoms with van der Waals surface area (Å²) in [5.74, 6) is -1.01. The fourth-order valence-corrected chi connectivity index (χ4v) is 3.76. The highest BCUT2D eigenvalue weighted by Gasteiger charge is 2.21. The molecule has 0 saturated carbocycles. The number of nitrogens with zero attached hydrogens (tertiary/aromatic N) is 3. The number of H-pyrrole nitrogens is 1. The smallest absolute Gasteiger partial charge is 0.278 e. The van der Waals surface area contributed by atoms with Crippen LogP contribution in [0.2, 0.25) is 5.02 Å². The normalized spacial score (nSPS) is 11.0. The Balaban J connectivity index is 1.66. The molecule has 2 heterocycles. The van der Waals surface area contributed by atoms with Crippen LogP contribution in [0.15, 0.2) is 72.9 Å². The van der Waals surface area contributed by atoms with E-state index in [1.54, 1.807) is 12.3 Å². The van der Waals surface area contributed by atoms with Gasteiger partial charge in [-0.25, -0.2) is 14.4 Å². The fourth-order valence-electron chi connectivity index (χ4n) is 3.49. The number of amides is 1. The van der Waals surface area contributed by atoms with Crippen LogP contribution in [0.3, 0.4) is 0 Å². The Bertz CT molecular complexity index is 1480. The molecule has 5 rings (SSSR count). The first-order valence-corrected chi connectivity index (χ1v) is 10.3. The average Bonchev–Trinajstić information content (AvgIpc) is 3.30. The van der Waals surface area contributed by atoms with Crippen molar-refractivity contribution in [3.8, 4) is 22.5 Å². The van der Waals surface area contributed by atoms with Crippen molar-refractivity contribution in [2.45, 2.75) is 0 Å². The Kier molecular flexibility index (Phi) is 5.20. The summed E-state index contributed by atoms with van der Waals surface area (Å²) in [6, 6.07) is 18.4. The van der Waals surface area contributed by atoms with E-state index in [2.05, 4.69) is 25.5 Å². The number of rotatable bonds is 4. The summed E-state index contributed by atoms with van der Waals surface area (Å²) in [6.07, 6.45) is 1.65. The number of fused-ring (bicyclic) bond motifs is 1. The van der Waals surface area contributed by atoms with Gasteiger partial charge in [-0.05, 0) is 36.4 Å². The lowest BCUT2D eigenvalue weighted by atomic mass is 10.0.